The van der Waals surface area contributed by atoms with Crippen LogP contribution < -0.4 is 5.32 Å². The number of amides is 1. The zero-order chi connectivity index (χ0) is 15.4. The molecule has 0 radical (unpaired) electrons. The number of aliphatic carboxylic acids is 1. The standard InChI is InChI=1S/C14H11FN2O4/c1-8-6-12(17-21-8)16-14(20)10-7-9(2-4-11(10)15)3-5-13(18)19/h2-7H,1H3,(H,18,19)(H,16,17,20). The van der Waals surface area contributed by atoms with E-state index < -0.39 is 17.7 Å². The number of carbonyl (C=O) groups is 2. The first-order valence-electron chi connectivity index (χ1n) is 5.91. The van der Waals surface area contributed by atoms with Gasteiger partial charge in [0.2, 0.25) is 0 Å². The highest BCUT2D eigenvalue weighted by molar-refractivity contribution is 6.04. The Labute approximate surface area is 118 Å². The van der Waals surface area contributed by atoms with Gasteiger partial charge in [0.25, 0.3) is 5.91 Å². The van der Waals surface area contributed by atoms with Crippen LogP contribution in [0.5, 0.6) is 0 Å². The summed E-state index contributed by atoms with van der Waals surface area (Å²) in [5, 5.41) is 14.5. The van der Waals surface area contributed by atoms with Crippen LogP contribution in [0.15, 0.2) is 34.9 Å². The number of nitrogens with one attached hydrogen (secondary N) is 1. The molecule has 0 saturated heterocycles. The number of hydrogen-bond donors (Lipinski definition) is 2. The molecule has 1 aromatic carbocycles. The molecule has 0 spiro atoms. The van der Waals surface area contributed by atoms with E-state index in [1.807, 2.05) is 0 Å². The van der Waals surface area contributed by atoms with E-state index in [9.17, 15) is 14.0 Å². The second-order valence-corrected chi connectivity index (χ2v) is 4.19. The molecule has 0 bridgehead atoms. The van der Waals surface area contributed by atoms with Crippen molar-refractivity contribution in [2.45, 2.75) is 6.92 Å². The van der Waals surface area contributed by atoms with Crippen molar-refractivity contribution in [1.29, 1.82) is 0 Å². The lowest BCUT2D eigenvalue weighted by molar-refractivity contribution is -0.131. The summed E-state index contributed by atoms with van der Waals surface area (Å²) in [5.74, 6) is -1.89. The number of rotatable bonds is 4. The summed E-state index contributed by atoms with van der Waals surface area (Å²) in [4.78, 5) is 22.4. The summed E-state index contributed by atoms with van der Waals surface area (Å²) in [6, 6.07) is 5.19. The van der Waals surface area contributed by atoms with Crippen molar-refractivity contribution < 1.29 is 23.6 Å². The van der Waals surface area contributed by atoms with Gasteiger partial charge >= 0.3 is 5.97 Å². The van der Waals surface area contributed by atoms with Crippen LogP contribution >= 0.6 is 0 Å². The topological polar surface area (TPSA) is 92.4 Å². The van der Waals surface area contributed by atoms with E-state index in [0.29, 0.717) is 11.3 Å². The number of nitrogens with zero attached hydrogens (tertiary/aromatic N) is 1. The van der Waals surface area contributed by atoms with Crippen LogP contribution in [0.2, 0.25) is 0 Å². The van der Waals surface area contributed by atoms with Gasteiger partial charge in [-0.2, -0.15) is 0 Å². The zero-order valence-electron chi connectivity index (χ0n) is 11.0. The van der Waals surface area contributed by atoms with E-state index in [2.05, 4.69) is 10.5 Å². The van der Waals surface area contributed by atoms with E-state index in [4.69, 9.17) is 9.63 Å². The van der Waals surface area contributed by atoms with Gasteiger partial charge in [0.05, 0.1) is 5.56 Å². The third-order valence-corrected chi connectivity index (χ3v) is 2.52. The maximum absolute atomic E-state index is 13.7. The number of aryl methyl sites for hydroxylation is 1. The van der Waals surface area contributed by atoms with Crippen molar-refractivity contribution in [3.63, 3.8) is 0 Å². The lowest BCUT2D eigenvalue weighted by atomic mass is 10.1. The Morgan fingerprint density at radius 2 is 2.14 bits per heavy atom. The third-order valence-electron chi connectivity index (χ3n) is 2.52. The van der Waals surface area contributed by atoms with Gasteiger partial charge in [0, 0.05) is 12.1 Å². The number of aromatic nitrogens is 1. The van der Waals surface area contributed by atoms with E-state index >= 15 is 0 Å². The van der Waals surface area contributed by atoms with Crippen molar-refractivity contribution in [1.82, 2.24) is 5.16 Å². The predicted molar refractivity (Wildman–Crippen MR) is 72.3 cm³/mol. The molecule has 1 heterocycles. The fourth-order valence-corrected chi connectivity index (χ4v) is 1.60. The minimum atomic E-state index is -1.14. The molecule has 0 atom stereocenters. The molecule has 7 heteroatoms. The van der Waals surface area contributed by atoms with Gasteiger partial charge < -0.3 is 14.9 Å². The summed E-state index contributed by atoms with van der Waals surface area (Å²) in [6.07, 6.45) is 2.16. The van der Waals surface area contributed by atoms with Gasteiger partial charge in [0.1, 0.15) is 11.6 Å². The lowest BCUT2D eigenvalue weighted by Crippen LogP contribution is -2.14. The van der Waals surface area contributed by atoms with E-state index in [1.54, 1.807) is 6.92 Å². The summed E-state index contributed by atoms with van der Waals surface area (Å²) < 4.78 is 18.5. The molecule has 1 aromatic heterocycles. The Kier molecular flexibility index (Phi) is 4.13. The van der Waals surface area contributed by atoms with Crippen LogP contribution in [0.4, 0.5) is 10.2 Å². The highest BCUT2D eigenvalue weighted by Gasteiger charge is 2.14. The van der Waals surface area contributed by atoms with Gasteiger partial charge in [-0.05, 0) is 30.7 Å². The highest BCUT2D eigenvalue weighted by atomic mass is 19.1. The van der Waals surface area contributed by atoms with Crippen LogP contribution in [0, 0.1) is 12.7 Å². The van der Waals surface area contributed by atoms with E-state index in [-0.39, 0.29) is 11.4 Å². The van der Waals surface area contributed by atoms with Gasteiger partial charge in [-0.3, -0.25) is 4.79 Å². The average molecular weight is 290 g/mol. The van der Waals surface area contributed by atoms with Gasteiger partial charge in [-0.25, -0.2) is 9.18 Å². The first kappa shape index (κ1) is 14.4. The molecular weight excluding hydrogens is 279 g/mol. The SMILES string of the molecule is Cc1cc(NC(=O)c2cc(C=CC(=O)O)ccc2F)no1. The van der Waals surface area contributed by atoms with Crippen molar-refractivity contribution in [2.24, 2.45) is 0 Å². The third kappa shape index (κ3) is 3.75. The normalized spacial score (nSPS) is 10.8. The Bertz CT molecular complexity index is 722. The maximum Gasteiger partial charge on any atom is 0.328 e. The molecular formula is C14H11FN2O4. The highest BCUT2D eigenvalue weighted by Crippen LogP contribution is 2.15. The molecule has 0 fully saturated rings. The Morgan fingerprint density at radius 3 is 2.76 bits per heavy atom. The van der Waals surface area contributed by atoms with Gasteiger partial charge in [-0.15, -0.1) is 0 Å². The molecule has 2 aromatic rings. The number of halogens is 1. The number of benzene rings is 1. The molecule has 6 nitrogen and oxygen atoms in total. The summed E-state index contributed by atoms with van der Waals surface area (Å²) in [6.45, 7) is 1.65. The monoisotopic (exact) mass is 290 g/mol. The van der Waals surface area contributed by atoms with Crippen LogP contribution in [0.3, 0.4) is 0 Å². The van der Waals surface area contributed by atoms with Crippen molar-refractivity contribution in [2.75, 3.05) is 5.32 Å². The molecule has 0 aliphatic heterocycles. The maximum atomic E-state index is 13.7. The number of hydrogen-bond acceptors (Lipinski definition) is 4. The van der Waals surface area contributed by atoms with Crippen molar-refractivity contribution in [3.05, 3.63) is 53.0 Å². The number of anilines is 1. The van der Waals surface area contributed by atoms with E-state index in [1.165, 1.54) is 24.3 Å². The first-order chi connectivity index (χ1) is 9.95. The fraction of sp³-hybridized carbons (Fsp3) is 0.0714. The minimum Gasteiger partial charge on any atom is -0.478 e. The van der Waals surface area contributed by atoms with Crippen LogP contribution in [-0.4, -0.2) is 22.1 Å². The smallest absolute Gasteiger partial charge is 0.328 e. The van der Waals surface area contributed by atoms with Crippen molar-refractivity contribution >= 4 is 23.8 Å². The Morgan fingerprint density at radius 1 is 1.38 bits per heavy atom. The van der Waals surface area contributed by atoms with Crippen LogP contribution in [0.1, 0.15) is 21.7 Å². The average Bonchev–Trinajstić information content (AvgIpc) is 2.83. The second-order valence-electron chi connectivity index (χ2n) is 4.19. The summed E-state index contributed by atoms with van der Waals surface area (Å²) >= 11 is 0. The molecule has 0 unspecified atom stereocenters. The number of carbonyl (C=O) groups excluding carboxylic acids is 1. The molecule has 108 valence electrons. The molecule has 0 aliphatic rings. The quantitative estimate of drug-likeness (QED) is 0.844. The van der Waals surface area contributed by atoms with E-state index in [0.717, 1.165) is 12.1 Å². The van der Waals surface area contributed by atoms with Gasteiger partial charge in [-0.1, -0.05) is 11.2 Å². The molecule has 0 aliphatic carbocycles. The molecule has 2 N–H and O–H groups in total. The molecule has 1 amide bonds. The fourth-order valence-electron chi connectivity index (χ4n) is 1.60. The molecule has 0 saturated carbocycles. The predicted octanol–water partition coefficient (Wildman–Crippen LogP) is 2.47. The minimum absolute atomic E-state index is 0.170. The Hall–Kier alpha value is -2.96. The second kappa shape index (κ2) is 6.00. The molecule has 21 heavy (non-hydrogen) atoms. The van der Waals surface area contributed by atoms with Gasteiger partial charge in [0.15, 0.2) is 5.82 Å². The number of carboxylic acids is 1. The summed E-state index contributed by atoms with van der Waals surface area (Å²) in [7, 11) is 0. The van der Waals surface area contributed by atoms with Crippen LogP contribution in [-0.2, 0) is 4.79 Å². The van der Waals surface area contributed by atoms with Crippen LogP contribution in [0.25, 0.3) is 6.08 Å². The number of carboxylic acid groups (broad SMARTS) is 1. The zero-order valence-corrected chi connectivity index (χ0v) is 11.0. The molecule has 2 rings (SSSR count). The largest absolute Gasteiger partial charge is 0.478 e. The summed E-state index contributed by atoms with van der Waals surface area (Å²) in [5.41, 5.74) is 0.170. The lowest BCUT2D eigenvalue weighted by Gasteiger charge is -2.04. The van der Waals surface area contributed by atoms with Crippen molar-refractivity contribution in [3.8, 4) is 0 Å². The Balaban J connectivity index is 2.23. The first-order valence-corrected chi connectivity index (χ1v) is 5.91.